The summed E-state index contributed by atoms with van der Waals surface area (Å²) in [4.78, 5) is 3.95. The Bertz CT molecular complexity index is 792. The second-order valence-electron chi connectivity index (χ2n) is 4.64. The second kappa shape index (κ2) is 6.55. The third-order valence-electron chi connectivity index (χ3n) is 2.83. The van der Waals surface area contributed by atoms with Crippen LogP contribution in [0.15, 0.2) is 34.9 Å². The lowest BCUT2D eigenvalue weighted by Crippen LogP contribution is -2.07. The molecule has 23 heavy (non-hydrogen) atoms. The molecular formula is C14H11F3NO4S-. The lowest BCUT2D eigenvalue weighted by Gasteiger charge is -2.05. The summed E-state index contributed by atoms with van der Waals surface area (Å²) in [6.45, 7) is 0. The summed E-state index contributed by atoms with van der Waals surface area (Å²) < 4.78 is 73.9. The molecule has 1 aromatic carbocycles. The Morgan fingerprint density at radius 2 is 1.83 bits per heavy atom. The van der Waals surface area contributed by atoms with Gasteiger partial charge in [-0.25, -0.2) is 13.4 Å². The highest BCUT2D eigenvalue weighted by molar-refractivity contribution is 7.85. The molecule has 0 aliphatic carbocycles. The molecule has 0 fully saturated rings. The van der Waals surface area contributed by atoms with Crippen molar-refractivity contribution in [1.29, 1.82) is 0 Å². The third-order valence-corrected chi connectivity index (χ3v) is 3.54. The summed E-state index contributed by atoms with van der Waals surface area (Å²) >= 11 is 0. The second-order valence-corrected chi connectivity index (χ2v) is 6.17. The average Bonchev–Trinajstić information content (AvgIpc) is 2.90. The van der Waals surface area contributed by atoms with E-state index >= 15 is 0 Å². The quantitative estimate of drug-likeness (QED) is 0.777. The van der Waals surface area contributed by atoms with E-state index in [2.05, 4.69) is 4.98 Å². The van der Waals surface area contributed by atoms with Crippen LogP contribution in [0.2, 0.25) is 0 Å². The van der Waals surface area contributed by atoms with E-state index in [9.17, 15) is 26.1 Å². The van der Waals surface area contributed by atoms with E-state index in [1.54, 1.807) is 0 Å². The predicted molar refractivity (Wildman–Crippen MR) is 75.1 cm³/mol. The largest absolute Gasteiger partial charge is 0.748 e. The summed E-state index contributed by atoms with van der Waals surface area (Å²) in [5.41, 5.74) is 0.0725. The molecule has 0 unspecified atom stereocenters. The number of rotatable bonds is 5. The van der Waals surface area contributed by atoms with Crippen LogP contribution in [0.25, 0.3) is 12.2 Å². The Hall–Kier alpha value is -2.13. The molecule has 0 bridgehead atoms. The normalized spacial score (nSPS) is 12.9. The van der Waals surface area contributed by atoms with Crippen LogP contribution >= 0.6 is 0 Å². The van der Waals surface area contributed by atoms with E-state index in [0.717, 1.165) is 12.1 Å². The highest BCUT2D eigenvalue weighted by Crippen LogP contribution is 2.29. The maximum Gasteiger partial charge on any atom is 0.416 e. The molecule has 0 amide bonds. The molecule has 0 atom stereocenters. The SMILES string of the molecule is O=S(=O)([O-])CCc1coc(/C=C/c2ccc(C(F)(F)F)cc2)n1. The van der Waals surface area contributed by atoms with Crippen LogP contribution in [0.4, 0.5) is 13.2 Å². The molecular weight excluding hydrogens is 335 g/mol. The fraction of sp³-hybridized carbons (Fsp3) is 0.214. The summed E-state index contributed by atoms with van der Waals surface area (Å²) in [6.07, 6.45) is -0.305. The van der Waals surface area contributed by atoms with Crippen molar-refractivity contribution in [2.45, 2.75) is 12.6 Å². The lowest BCUT2D eigenvalue weighted by atomic mass is 10.1. The van der Waals surface area contributed by atoms with E-state index in [1.807, 2.05) is 0 Å². The van der Waals surface area contributed by atoms with Gasteiger partial charge in [-0.2, -0.15) is 13.2 Å². The van der Waals surface area contributed by atoms with Gasteiger partial charge >= 0.3 is 6.18 Å². The fourth-order valence-electron chi connectivity index (χ4n) is 1.69. The summed E-state index contributed by atoms with van der Waals surface area (Å²) in [7, 11) is -4.33. The van der Waals surface area contributed by atoms with Crippen molar-refractivity contribution in [2.24, 2.45) is 0 Å². The molecule has 2 aromatic rings. The Morgan fingerprint density at radius 1 is 1.17 bits per heavy atom. The molecule has 0 saturated heterocycles. The van der Waals surface area contributed by atoms with Gasteiger partial charge in [-0.05, 0) is 23.8 Å². The zero-order valence-electron chi connectivity index (χ0n) is 11.6. The van der Waals surface area contributed by atoms with Gasteiger partial charge in [0.15, 0.2) is 0 Å². The van der Waals surface area contributed by atoms with Crippen LogP contribution < -0.4 is 0 Å². The van der Waals surface area contributed by atoms with Gasteiger partial charge in [-0.1, -0.05) is 12.1 Å². The smallest absolute Gasteiger partial charge is 0.416 e. The zero-order chi connectivity index (χ0) is 17.1. The van der Waals surface area contributed by atoms with Crippen molar-refractivity contribution in [2.75, 3.05) is 5.75 Å². The standard InChI is InChI=1S/C14H12F3NO4S/c15-14(16,17)11-4-1-10(2-5-11)3-6-13-18-12(9-22-13)7-8-23(19,20)21/h1-6,9H,7-8H2,(H,19,20,21)/p-1/b6-3+. The molecule has 1 aromatic heterocycles. The van der Waals surface area contributed by atoms with Gasteiger partial charge in [0, 0.05) is 18.2 Å². The van der Waals surface area contributed by atoms with E-state index in [1.165, 1.54) is 30.5 Å². The van der Waals surface area contributed by atoms with Crippen LogP contribution in [0.3, 0.4) is 0 Å². The number of alkyl halides is 3. The number of oxazole rings is 1. The molecule has 0 spiro atoms. The number of hydrogen-bond acceptors (Lipinski definition) is 5. The number of aromatic nitrogens is 1. The van der Waals surface area contributed by atoms with Gasteiger partial charge in [0.05, 0.1) is 21.4 Å². The fourth-order valence-corrected chi connectivity index (χ4v) is 2.15. The number of aryl methyl sites for hydroxylation is 1. The minimum atomic E-state index is -4.39. The van der Waals surface area contributed by atoms with Crippen LogP contribution in [-0.4, -0.2) is 23.7 Å². The Labute approximate surface area is 130 Å². The zero-order valence-corrected chi connectivity index (χ0v) is 12.4. The average molecular weight is 346 g/mol. The third kappa shape index (κ3) is 5.53. The first kappa shape index (κ1) is 17.2. The van der Waals surface area contributed by atoms with E-state index in [0.29, 0.717) is 11.3 Å². The van der Waals surface area contributed by atoms with E-state index in [-0.39, 0.29) is 12.3 Å². The van der Waals surface area contributed by atoms with Crippen molar-refractivity contribution in [3.8, 4) is 0 Å². The minimum Gasteiger partial charge on any atom is -0.748 e. The molecule has 124 valence electrons. The maximum absolute atomic E-state index is 12.4. The van der Waals surface area contributed by atoms with Gasteiger partial charge in [-0.15, -0.1) is 0 Å². The van der Waals surface area contributed by atoms with Gasteiger partial charge in [0.25, 0.3) is 0 Å². The Balaban J connectivity index is 2.02. The van der Waals surface area contributed by atoms with Crippen LogP contribution in [-0.2, 0) is 22.7 Å². The van der Waals surface area contributed by atoms with Crippen LogP contribution in [0.1, 0.15) is 22.7 Å². The first-order valence-electron chi connectivity index (χ1n) is 6.37. The monoisotopic (exact) mass is 346 g/mol. The Morgan fingerprint density at radius 3 is 2.39 bits per heavy atom. The molecule has 5 nitrogen and oxygen atoms in total. The number of nitrogens with zero attached hydrogens (tertiary/aromatic N) is 1. The number of hydrogen-bond donors (Lipinski definition) is 0. The number of benzene rings is 1. The molecule has 0 N–H and O–H groups in total. The molecule has 2 rings (SSSR count). The molecule has 0 aliphatic heterocycles. The first-order valence-corrected chi connectivity index (χ1v) is 7.94. The van der Waals surface area contributed by atoms with E-state index in [4.69, 9.17) is 4.42 Å². The van der Waals surface area contributed by atoms with E-state index < -0.39 is 27.6 Å². The van der Waals surface area contributed by atoms with Crippen molar-refractivity contribution < 1.29 is 30.6 Å². The summed E-state index contributed by atoms with van der Waals surface area (Å²) in [6, 6.07) is 4.51. The maximum atomic E-state index is 12.4. The molecule has 0 saturated carbocycles. The molecule has 9 heteroatoms. The van der Waals surface area contributed by atoms with Crippen LogP contribution in [0.5, 0.6) is 0 Å². The number of halogens is 3. The van der Waals surface area contributed by atoms with Crippen molar-refractivity contribution >= 4 is 22.3 Å². The highest BCUT2D eigenvalue weighted by atomic mass is 32.2. The topological polar surface area (TPSA) is 83.2 Å². The molecule has 1 heterocycles. The van der Waals surface area contributed by atoms with Gasteiger partial charge < -0.3 is 8.97 Å². The molecule has 0 aliphatic rings. The van der Waals surface area contributed by atoms with Crippen molar-refractivity contribution in [3.05, 3.63) is 53.2 Å². The van der Waals surface area contributed by atoms with Crippen molar-refractivity contribution in [3.63, 3.8) is 0 Å². The van der Waals surface area contributed by atoms with Crippen molar-refractivity contribution in [1.82, 2.24) is 4.98 Å². The molecule has 0 radical (unpaired) electrons. The highest BCUT2D eigenvalue weighted by Gasteiger charge is 2.29. The first-order chi connectivity index (χ1) is 10.6. The minimum absolute atomic E-state index is 0.0660. The van der Waals surface area contributed by atoms with Gasteiger partial charge in [-0.3, -0.25) is 0 Å². The summed E-state index contributed by atoms with van der Waals surface area (Å²) in [5.74, 6) is -0.426. The summed E-state index contributed by atoms with van der Waals surface area (Å²) in [5, 5.41) is 0. The predicted octanol–water partition coefficient (Wildman–Crippen LogP) is 2.95. The van der Waals surface area contributed by atoms with Gasteiger partial charge in [0.1, 0.15) is 6.26 Å². The van der Waals surface area contributed by atoms with Crippen LogP contribution in [0, 0.1) is 0 Å². The Kier molecular flexibility index (Phi) is 4.90. The lowest BCUT2D eigenvalue weighted by molar-refractivity contribution is -0.137. The van der Waals surface area contributed by atoms with Gasteiger partial charge in [0.2, 0.25) is 5.89 Å².